The summed E-state index contributed by atoms with van der Waals surface area (Å²) in [6.45, 7) is 0.898. The molecule has 49 heavy (non-hydrogen) atoms. The van der Waals surface area contributed by atoms with Gasteiger partial charge in [-0.25, -0.2) is 5.01 Å². The zero-order valence-corrected chi connectivity index (χ0v) is 31.3. The largest absolute Gasteiger partial charge is 0.379 e. The van der Waals surface area contributed by atoms with Crippen LogP contribution in [0.1, 0.15) is 26.3 Å². The van der Waals surface area contributed by atoms with Crippen LogP contribution in [0.25, 0.3) is 0 Å². The maximum absolute atomic E-state index is 14.1. The lowest BCUT2D eigenvalue weighted by molar-refractivity contribution is -0.154. The van der Waals surface area contributed by atoms with Crippen LogP contribution in [0, 0.1) is 18.8 Å². The molecule has 0 aromatic heterocycles. The van der Waals surface area contributed by atoms with Gasteiger partial charge in [0, 0.05) is 10.6 Å². The van der Waals surface area contributed by atoms with Crippen LogP contribution >= 0.6 is 92.8 Å². The molecule has 256 valence electrons. The van der Waals surface area contributed by atoms with E-state index < -0.39 is 66.1 Å². The van der Waals surface area contributed by atoms with Crippen LogP contribution in [-0.4, -0.2) is 62.6 Å². The third kappa shape index (κ3) is 5.37. The Hall–Kier alpha value is -2.25. The second kappa shape index (κ2) is 12.5. The molecular weight excluding hydrogens is 828 g/mol. The summed E-state index contributed by atoms with van der Waals surface area (Å²) >= 11 is 51.9. The van der Waals surface area contributed by atoms with Gasteiger partial charge in [-0.05, 0) is 61.5 Å². The van der Waals surface area contributed by atoms with Crippen molar-refractivity contribution in [2.24, 2.45) is 11.8 Å². The minimum Gasteiger partial charge on any atom is -0.379 e. The molecular formula is C31H18Cl8N2O7S. The molecule has 0 N–H and O–H groups in total. The molecule has 3 aromatic carbocycles. The van der Waals surface area contributed by atoms with Crippen LogP contribution in [0.5, 0.6) is 5.75 Å². The molecule has 3 aromatic rings. The topological polar surface area (TPSA) is 118 Å². The molecule has 0 spiro atoms. The van der Waals surface area contributed by atoms with E-state index in [0.717, 1.165) is 5.56 Å². The fourth-order valence-electron chi connectivity index (χ4n) is 6.06. The summed E-state index contributed by atoms with van der Waals surface area (Å²) in [6, 6.07) is 14.7. The fourth-order valence-corrected chi connectivity index (χ4v) is 10.4. The first-order chi connectivity index (χ1) is 22.8. The number of fused-ring (bicyclic) bond motifs is 5. The van der Waals surface area contributed by atoms with Crippen molar-refractivity contribution in [1.82, 2.24) is 10.0 Å². The Morgan fingerprint density at radius 2 is 1.35 bits per heavy atom. The van der Waals surface area contributed by atoms with Gasteiger partial charge in [-0.1, -0.05) is 87.3 Å². The Labute approximate surface area is 319 Å². The molecule has 3 aliphatic rings. The van der Waals surface area contributed by atoms with E-state index in [1.807, 2.05) is 0 Å². The smallest absolute Gasteiger partial charge is 0.339 e. The number of hydrogen-bond donors (Lipinski definition) is 0. The summed E-state index contributed by atoms with van der Waals surface area (Å²) in [5.41, 5.74) is 0.583. The average molecular weight is 846 g/mol. The number of Topliss-reactive ketones (excluding diaryl/α,β-unsaturated/α-hetero) is 1. The molecule has 0 unspecified atom stereocenters. The summed E-state index contributed by atoms with van der Waals surface area (Å²) in [4.78, 5) is 51.5. The molecule has 0 radical (unpaired) electrons. The van der Waals surface area contributed by atoms with Crippen LogP contribution in [0.4, 0.5) is 0 Å². The molecule has 1 saturated heterocycles. The fraction of sp³-hybridized carbons (Fsp3) is 0.226. The zero-order valence-electron chi connectivity index (χ0n) is 24.4. The quantitative estimate of drug-likeness (QED) is 0.0985. The molecule has 1 aliphatic heterocycles. The molecule has 18 heteroatoms. The van der Waals surface area contributed by atoms with Gasteiger partial charge < -0.3 is 4.18 Å². The highest BCUT2D eigenvalue weighted by molar-refractivity contribution is 7.87. The number of carbonyl (C=O) groups excluding carboxylic acids is 4. The van der Waals surface area contributed by atoms with E-state index in [4.69, 9.17) is 97.0 Å². The molecule has 3 amide bonds. The van der Waals surface area contributed by atoms with Gasteiger partial charge >= 0.3 is 10.1 Å². The van der Waals surface area contributed by atoms with Gasteiger partial charge in [-0.3, -0.25) is 19.2 Å². The van der Waals surface area contributed by atoms with Gasteiger partial charge in [0.05, 0.1) is 32.5 Å². The molecule has 2 fully saturated rings. The lowest BCUT2D eigenvalue weighted by atomic mass is 9.84. The van der Waals surface area contributed by atoms with Gasteiger partial charge in [0.2, 0.25) is 0 Å². The van der Waals surface area contributed by atoms with Gasteiger partial charge in [0.15, 0.2) is 10.1 Å². The predicted octanol–water partition coefficient (Wildman–Crippen LogP) is 7.76. The number of allylic oxidation sites excluding steroid dienone is 2. The van der Waals surface area contributed by atoms with Crippen molar-refractivity contribution in [2.45, 2.75) is 25.9 Å². The summed E-state index contributed by atoms with van der Waals surface area (Å²) in [5, 5.41) is 0.352. The molecule has 9 nitrogen and oxygen atoms in total. The number of alkyl halides is 4. The van der Waals surface area contributed by atoms with Crippen molar-refractivity contribution in [2.75, 3.05) is 6.54 Å². The highest BCUT2D eigenvalue weighted by Crippen LogP contribution is 2.77. The normalized spacial score (nSPS) is 25.5. The average Bonchev–Trinajstić information content (AvgIpc) is 3.42. The maximum atomic E-state index is 14.1. The Morgan fingerprint density at radius 1 is 0.816 bits per heavy atom. The highest BCUT2D eigenvalue weighted by atomic mass is 35.5. The third-order valence-electron chi connectivity index (χ3n) is 8.51. The highest BCUT2D eigenvalue weighted by Gasteiger charge is 2.88. The Kier molecular flexibility index (Phi) is 9.29. The minimum absolute atomic E-state index is 0.0460. The van der Waals surface area contributed by atoms with E-state index in [9.17, 15) is 27.6 Å². The molecule has 2 bridgehead atoms. The third-order valence-corrected chi connectivity index (χ3v) is 14.6. The van der Waals surface area contributed by atoms with Crippen LogP contribution in [-0.2, 0) is 19.7 Å². The number of aryl methyl sites for hydroxylation is 1. The second-order valence-corrected chi connectivity index (χ2v) is 17.0. The van der Waals surface area contributed by atoms with E-state index >= 15 is 0 Å². The van der Waals surface area contributed by atoms with E-state index in [-0.39, 0.29) is 41.9 Å². The van der Waals surface area contributed by atoms with Crippen LogP contribution in [0.2, 0.25) is 10.0 Å². The molecule has 1 saturated carbocycles. The standard InChI is InChI=1S/C31H18Cl8N2O7S/c1-14-2-9-18(10-3-14)49(46,47)48-17-7-4-15(5-8-17)21(42)13-40(26(43)19-11-6-16(32)12-20(19)33)41-27(44)22-23(28(41)45)30(37)25(35)24(34)29(22,36)31(30,38)39/h2-12,22-23H,13H2,1H3/t22-,23-,29-,30-/m1/s1. The van der Waals surface area contributed by atoms with Crippen molar-refractivity contribution >= 4 is 126 Å². The Morgan fingerprint density at radius 3 is 1.86 bits per heavy atom. The van der Waals surface area contributed by atoms with E-state index in [0.29, 0.717) is 10.0 Å². The van der Waals surface area contributed by atoms with E-state index in [2.05, 4.69) is 0 Å². The number of hydrazine groups is 1. The number of imide groups is 1. The molecule has 6 rings (SSSR count). The molecule has 2 aliphatic carbocycles. The van der Waals surface area contributed by atoms with Gasteiger partial charge in [-0.15, -0.1) is 23.2 Å². The number of rotatable bonds is 8. The number of halogens is 8. The summed E-state index contributed by atoms with van der Waals surface area (Å²) in [6.07, 6.45) is 0. The SMILES string of the molecule is Cc1ccc(S(=O)(=O)Oc2ccc(C(=O)CN(C(=O)c3ccc(Cl)cc3Cl)N3C(=O)[C@H]4[C@H](C3=O)[C@@]3(Cl)C(Cl)=C(Cl)[C@@]4(Cl)C3(Cl)Cl)cc2)cc1. The van der Waals surface area contributed by atoms with E-state index in [1.165, 1.54) is 54.6 Å². The Balaban J connectivity index is 1.33. The van der Waals surface area contributed by atoms with E-state index in [1.54, 1.807) is 19.1 Å². The number of ketones is 1. The minimum atomic E-state index is -4.20. The Bertz CT molecular complexity index is 2060. The zero-order chi connectivity index (χ0) is 36.0. The number of carbonyl (C=O) groups is 4. The summed E-state index contributed by atoms with van der Waals surface area (Å²) < 4.78 is 28.4. The van der Waals surface area contributed by atoms with Gasteiger partial charge in [0.25, 0.3) is 17.7 Å². The van der Waals surface area contributed by atoms with Gasteiger partial charge in [0.1, 0.15) is 26.9 Å². The van der Waals surface area contributed by atoms with Crippen LogP contribution in [0.3, 0.4) is 0 Å². The number of nitrogens with zero attached hydrogens (tertiary/aromatic N) is 2. The lowest BCUT2D eigenvalue weighted by Crippen LogP contribution is -2.56. The van der Waals surface area contributed by atoms with Gasteiger partial charge in [-0.2, -0.15) is 13.4 Å². The van der Waals surface area contributed by atoms with Crippen molar-refractivity contribution in [3.63, 3.8) is 0 Å². The number of amides is 3. The second-order valence-electron chi connectivity index (χ2n) is 11.4. The van der Waals surface area contributed by atoms with Crippen molar-refractivity contribution in [3.8, 4) is 5.75 Å². The lowest BCUT2D eigenvalue weighted by Gasteiger charge is -2.36. The van der Waals surface area contributed by atoms with Crippen molar-refractivity contribution < 1.29 is 31.8 Å². The first-order valence-corrected chi connectivity index (χ1v) is 18.3. The molecule has 1 heterocycles. The monoisotopic (exact) mass is 842 g/mol. The number of benzene rings is 3. The van der Waals surface area contributed by atoms with Crippen molar-refractivity contribution in [1.29, 1.82) is 0 Å². The predicted molar refractivity (Wildman–Crippen MR) is 186 cm³/mol. The first kappa shape index (κ1) is 36.5. The molecule has 4 atom stereocenters. The summed E-state index contributed by atoms with van der Waals surface area (Å²) in [5.74, 6) is -7.31. The maximum Gasteiger partial charge on any atom is 0.339 e. The van der Waals surface area contributed by atoms with Crippen LogP contribution in [0.15, 0.2) is 81.7 Å². The summed E-state index contributed by atoms with van der Waals surface area (Å²) in [7, 11) is -4.20. The van der Waals surface area contributed by atoms with Crippen LogP contribution < -0.4 is 4.18 Å². The number of hydrogen-bond acceptors (Lipinski definition) is 7. The first-order valence-electron chi connectivity index (χ1n) is 13.9. The van der Waals surface area contributed by atoms with Crippen molar-refractivity contribution in [3.05, 3.63) is 104 Å².